The van der Waals surface area contributed by atoms with Crippen LogP contribution < -0.4 is 0 Å². The maximum atomic E-state index is 13.6. The van der Waals surface area contributed by atoms with Crippen LogP contribution in [0.4, 0.5) is 4.39 Å². The zero-order valence-electron chi connectivity index (χ0n) is 21.9. The van der Waals surface area contributed by atoms with Gasteiger partial charge in [-0.25, -0.2) is 19.0 Å². The van der Waals surface area contributed by atoms with Crippen molar-refractivity contribution in [2.45, 2.75) is 59.9 Å². The summed E-state index contributed by atoms with van der Waals surface area (Å²) in [7, 11) is 0. The number of hydrogen-bond acceptors (Lipinski definition) is 7. The summed E-state index contributed by atoms with van der Waals surface area (Å²) in [4.78, 5) is 9.12. The third-order valence-corrected chi connectivity index (χ3v) is 7.07. The van der Waals surface area contributed by atoms with Crippen LogP contribution in [0.15, 0.2) is 41.1 Å². The highest BCUT2D eigenvalue weighted by Crippen LogP contribution is 2.34. The molecule has 1 saturated carbocycles. The van der Waals surface area contributed by atoms with Gasteiger partial charge in [0.15, 0.2) is 5.82 Å². The fraction of sp³-hybridized carbons (Fsp3) is 0.357. The quantitative estimate of drug-likeness (QED) is 0.282. The SMILES string of the molecule is CCc1c(-c2ccc(F)cc2)nn(CC2CC2)c1Cc1cc(-n2nc(C)c(-c3nnc(C)o3)c2C)ncn1. The minimum absolute atomic E-state index is 0.250. The van der Waals surface area contributed by atoms with Crippen molar-refractivity contribution >= 4 is 0 Å². The van der Waals surface area contributed by atoms with E-state index < -0.39 is 0 Å². The zero-order chi connectivity index (χ0) is 26.4. The Balaban J connectivity index is 1.37. The summed E-state index contributed by atoms with van der Waals surface area (Å²) in [5, 5.41) is 17.9. The molecule has 4 aromatic heterocycles. The second kappa shape index (κ2) is 9.59. The lowest BCUT2D eigenvalue weighted by atomic mass is 10.0. The molecule has 0 unspecified atom stereocenters. The van der Waals surface area contributed by atoms with Crippen LogP contribution in [0.2, 0.25) is 0 Å². The molecule has 1 aliphatic rings. The molecule has 9 nitrogen and oxygen atoms in total. The van der Waals surface area contributed by atoms with Gasteiger partial charge < -0.3 is 4.42 Å². The zero-order valence-corrected chi connectivity index (χ0v) is 21.9. The molecule has 0 saturated heterocycles. The van der Waals surface area contributed by atoms with Crippen molar-refractivity contribution in [3.8, 4) is 28.5 Å². The Hall–Kier alpha value is -4.21. The van der Waals surface area contributed by atoms with Crippen molar-refractivity contribution in [2.24, 2.45) is 5.92 Å². The molecular weight excluding hydrogens is 483 g/mol. The molecule has 0 N–H and O–H groups in total. The van der Waals surface area contributed by atoms with E-state index in [1.807, 2.05) is 19.9 Å². The van der Waals surface area contributed by atoms with Crippen molar-refractivity contribution in [3.63, 3.8) is 0 Å². The molecule has 10 heteroatoms. The van der Waals surface area contributed by atoms with E-state index in [9.17, 15) is 4.39 Å². The Kier molecular flexibility index (Phi) is 6.09. The molecule has 6 rings (SSSR count). The van der Waals surface area contributed by atoms with E-state index in [-0.39, 0.29) is 5.82 Å². The Labute approximate surface area is 219 Å². The average Bonchev–Trinajstić information content (AvgIpc) is 3.41. The van der Waals surface area contributed by atoms with Gasteiger partial charge in [-0.05, 0) is 63.3 Å². The van der Waals surface area contributed by atoms with Crippen LogP contribution in [0.5, 0.6) is 0 Å². The molecule has 0 radical (unpaired) electrons. The molecule has 0 aliphatic heterocycles. The summed E-state index contributed by atoms with van der Waals surface area (Å²) < 4.78 is 23.2. The lowest BCUT2D eigenvalue weighted by Crippen LogP contribution is -2.10. The van der Waals surface area contributed by atoms with Crippen molar-refractivity contribution in [1.82, 2.24) is 39.7 Å². The summed E-state index contributed by atoms with van der Waals surface area (Å²) >= 11 is 0. The van der Waals surface area contributed by atoms with E-state index >= 15 is 0 Å². The third kappa shape index (κ3) is 4.51. The van der Waals surface area contributed by atoms with E-state index in [1.165, 1.54) is 25.0 Å². The van der Waals surface area contributed by atoms with E-state index in [1.54, 1.807) is 30.1 Å². The molecular formula is C28H29FN8O. The fourth-order valence-corrected chi connectivity index (χ4v) is 4.98. The molecule has 0 atom stereocenters. The Morgan fingerprint density at radius 1 is 1.03 bits per heavy atom. The van der Waals surface area contributed by atoms with Gasteiger partial charge in [-0.15, -0.1) is 10.2 Å². The first-order valence-corrected chi connectivity index (χ1v) is 12.9. The molecule has 4 heterocycles. The largest absolute Gasteiger partial charge is 0.421 e. The Morgan fingerprint density at radius 2 is 1.82 bits per heavy atom. The van der Waals surface area contributed by atoms with Gasteiger partial charge in [0.25, 0.3) is 5.89 Å². The number of halogens is 1. The predicted molar refractivity (Wildman–Crippen MR) is 139 cm³/mol. The number of benzene rings is 1. The lowest BCUT2D eigenvalue weighted by molar-refractivity contribution is 0.532. The van der Waals surface area contributed by atoms with Crippen molar-refractivity contribution in [1.29, 1.82) is 0 Å². The first-order valence-electron chi connectivity index (χ1n) is 12.9. The topological polar surface area (TPSA) is 100 Å². The highest BCUT2D eigenvalue weighted by Gasteiger charge is 2.26. The van der Waals surface area contributed by atoms with Gasteiger partial charge in [0, 0.05) is 42.8 Å². The first-order chi connectivity index (χ1) is 18.4. The van der Waals surface area contributed by atoms with Crippen LogP contribution in [0.25, 0.3) is 28.5 Å². The normalized spacial score (nSPS) is 13.4. The van der Waals surface area contributed by atoms with Gasteiger partial charge in [-0.2, -0.15) is 10.2 Å². The highest BCUT2D eigenvalue weighted by atomic mass is 19.1. The van der Waals surface area contributed by atoms with E-state index in [2.05, 4.69) is 31.8 Å². The standard InChI is InChI=1S/C28H29FN8O/c1-5-23-24(36(14-19-6-7-19)35-27(23)20-8-10-21(29)11-9-20)12-22-13-25(31-15-30-22)37-17(3)26(16(2)34-37)28-33-32-18(4)38-28/h8-11,13,15,19H,5-7,12,14H2,1-4H3. The maximum Gasteiger partial charge on any atom is 0.251 e. The number of hydrogen-bond donors (Lipinski definition) is 0. The van der Waals surface area contributed by atoms with Gasteiger partial charge >= 0.3 is 0 Å². The monoisotopic (exact) mass is 512 g/mol. The lowest BCUT2D eigenvalue weighted by Gasteiger charge is -2.10. The van der Waals surface area contributed by atoms with Gasteiger partial charge in [-0.1, -0.05) is 6.92 Å². The number of nitrogens with zero attached hydrogens (tertiary/aromatic N) is 8. The minimum Gasteiger partial charge on any atom is -0.421 e. The molecule has 1 fully saturated rings. The molecule has 194 valence electrons. The predicted octanol–water partition coefficient (Wildman–Crippen LogP) is 5.20. The van der Waals surface area contributed by atoms with Crippen LogP contribution in [0, 0.1) is 32.5 Å². The minimum atomic E-state index is -0.250. The molecule has 1 aliphatic carbocycles. The summed E-state index contributed by atoms with van der Waals surface area (Å²) in [5.74, 6) is 2.03. The van der Waals surface area contributed by atoms with Crippen LogP contribution >= 0.6 is 0 Å². The highest BCUT2D eigenvalue weighted by molar-refractivity contribution is 5.64. The number of aryl methyl sites for hydroxylation is 2. The average molecular weight is 513 g/mol. The summed E-state index contributed by atoms with van der Waals surface area (Å²) in [6.07, 6.45) is 5.45. The van der Waals surface area contributed by atoms with E-state index in [4.69, 9.17) is 14.6 Å². The van der Waals surface area contributed by atoms with Crippen LogP contribution in [-0.4, -0.2) is 39.7 Å². The first kappa shape index (κ1) is 24.1. The molecule has 5 aromatic rings. The van der Waals surface area contributed by atoms with Crippen LogP contribution in [0.3, 0.4) is 0 Å². The number of rotatable bonds is 8. The molecule has 0 spiro atoms. The Morgan fingerprint density at radius 3 is 2.50 bits per heavy atom. The van der Waals surface area contributed by atoms with Gasteiger partial charge in [0.2, 0.25) is 5.89 Å². The molecule has 38 heavy (non-hydrogen) atoms. The van der Waals surface area contributed by atoms with Crippen molar-refractivity contribution < 1.29 is 8.81 Å². The second-order valence-corrected chi connectivity index (χ2v) is 9.89. The van der Waals surface area contributed by atoms with Crippen molar-refractivity contribution in [3.05, 3.63) is 76.7 Å². The van der Waals surface area contributed by atoms with Gasteiger partial charge in [-0.3, -0.25) is 4.68 Å². The van der Waals surface area contributed by atoms with Crippen molar-refractivity contribution in [2.75, 3.05) is 0 Å². The van der Waals surface area contributed by atoms with E-state index in [0.29, 0.717) is 29.9 Å². The molecule has 0 amide bonds. The number of aromatic nitrogens is 8. The summed E-state index contributed by atoms with van der Waals surface area (Å²) in [6.45, 7) is 8.66. The third-order valence-electron chi connectivity index (χ3n) is 7.07. The summed E-state index contributed by atoms with van der Waals surface area (Å²) in [5.41, 5.74) is 7.47. The van der Waals surface area contributed by atoms with E-state index in [0.717, 1.165) is 58.1 Å². The maximum absolute atomic E-state index is 13.6. The smallest absolute Gasteiger partial charge is 0.251 e. The van der Waals surface area contributed by atoms with Gasteiger partial charge in [0.1, 0.15) is 12.1 Å². The van der Waals surface area contributed by atoms with Crippen LogP contribution in [0.1, 0.15) is 54.0 Å². The van der Waals surface area contributed by atoms with Crippen LogP contribution in [-0.2, 0) is 19.4 Å². The van der Waals surface area contributed by atoms with Gasteiger partial charge in [0.05, 0.1) is 28.3 Å². The Bertz CT molecular complexity index is 1610. The summed E-state index contributed by atoms with van der Waals surface area (Å²) in [6, 6.07) is 8.55. The molecule has 1 aromatic carbocycles. The second-order valence-electron chi connectivity index (χ2n) is 9.89. The molecule has 0 bridgehead atoms. The fourth-order valence-electron chi connectivity index (χ4n) is 4.98.